The Morgan fingerprint density at radius 3 is 2.68 bits per heavy atom. The Kier molecular flexibility index (Phi) is 4.46. The van der Waals surface area contributed by atoms with Crippen molar-refractivity contribution in [2.45, 2.75) is 0 Å². The zero-order valence-electron chi connectivity index (χ0n) is 15.7. The highest BCUT2D eigenvalue weighted by Gasteiger charge is 2.14. The van der Waals surface area contributed by atoms with E-state index in [1.165, 1.54) is 5.69 Å². The lowest BCUT2D eigenvalue weighted by Crippen LogP contribution is -2.44. The zero-order valence-corrected chi connectivity index (χ0v) is 16.5. The van der Waals surface area contributed by atoms with Gasteiger partial charge in [-0.1, -0.05) is 12.1 Å². The SMILES string of the molecule is CN1CCN(c2ccc(-c3csc(Nc4ccc5[nH]ncc5c4)n3)cc2)CC1. The zero-order chi connectivity index (χ0) is 18.9. The fourth-order valence-electron chi connectivity index (χ4n) is 3.52. The maximum absolute atomic E-state index is 4.76. The van der Waals surface area contributed by atoms with Gasteiger partial charge in [0.2, 0.25) is 0 Å². The number of anilines is 3. The van der Waals surface area contributed by atoms with Crippen molar-refractivity contribution in [3.8, 4) is 11.3 Å². The summed E-state index contributed by atoms with van der Waals surface area (Å²) in [5, 5.41) is 14.5. The number of fused-ring (bicyclic) bond motifs is 1. The van der Waals surface area contributed by atoms with E-state index in [4.69, 9.17) is 4.98 Å². The number of nitrogens with one attached hydrogen (secondary N) is 2. The van der Waals surface area contributed by atoms with E-state index in [1.807, 2.05) is 18.3 Å². The molecule has 0 spiro atoms. The molecule has 0 atom stereocenters. The summed E-state index contributed by atoms with van der Waals surface area (Å²) in [6.45, 7) is 4.41. The van der Waals surface area contributed by atoms with Crippen LogP contribution in [0.2, 0.25) is 0 Å². The van der Waals surface area contributed by atoms with Crippen LogP contribution in [0.5, 0.6) is 0 Å². The summed E-state index contributed by atoms with van der Waals surface area (Å²) >= 11 is 1.62. The Morgan fingerprint density at radius 2 is 1.86 bits per heavy atom. The molecule has 7 heteroatoms. The van der Waals surface area contributed by atoms with E-state index in [2.05, 4.69) is 68.1 Å². The van der Waals surface area contributed by atoms with Crippen LogP contribution < -0.4 is 10.2 Å². The first kappa shape index (κ1) is 17.2. The number of aromatic amines is 1. The van der Waals surface area contributed by atoms with E-state index in [0.29, 0.717) is 0 Å². The molecule has 2 aromatic carbocycles. The van der Waals surface area contributed by atoms with Gasteiger partial charge in [-0.2, -0.15) is 5.10 Å². The molecule has 0 amide bonds. The number of rotatable bonds is 4. The van der Waals surface area contributed by atoms with E-state index in [-0.39, 0.29) is 0 Å². The Hall–Kier alpha value is -2.90. The van der Waals surface area contributed by atoms with Crippen molar-refractivity contribution in [1.82, 2.24) is 20.1 Å². The van der Waals surface area contributed by atoms with Crippen LogP contribution in [0.1, 0.15) is 0 Å². The quantitative estimate of drug-likeness (QED) is 0.547. The molecule has 2 aromatic heterocycles. The maximum atomic E-state index is 4.76. The van der Waals surface area contributed by atoms with Gasteiger partial charge in [0.05, 0.1) is 17.4 Å². The van der Waals surface area contributed by atoms with Gasteiger partial charge >= 0.3 is 0 Å². The first-order valence-corrected chi connectivity index (χ1v) is 10.3. The van der Waals surface area contributed by atoms with E-state index in [0.717, 1.165) is 59.2 Å². The van der Waals surface area contributed by atoms with Crippen LogP contribution in [0, 0.1) is 0 Å². The van der Waals surface area contributed by atoms with Crippen LogP contribution in [0.4, 0.5) is 16.5 Å². The van der Waals surface area contributed by atoms with Crippen LogP contribution in [-0.2, 0) is 0 Å². The largest absolute Gasteiger partial charge is 0.369 e. The van der Waals surface area contributed by atoms with Crippen LogP contribution in [-0.4, -0.2) is 53.3 Å². The van der Waals surface area contributed by atoms with Crippen LogP contribution in [0.3, 0.4) is 0 Å². The van der Waals surface area contributed by atoms with Crippen LogP contribution in [0.25, 0.3) is 22.2 Å². The molecule has 1 aliphatic rings. The number of benzene rings is 2. The summed E-state index contributed by atoms with van der Waals surface area (Å²) in [6.07, 6.45) is 1.83. The number of aromatic nitrogens is 3. The summed E-state index contributed by atoms with van der Waals surface area (Å²) in [5.74, 6) is 0. The normalized spacial score (nSPS) is 15.2. The van der Waals surface area contributed by atoms with Crippen LogP contribution in [0.15, 0.2) is 54.0 Å². The molecule has 5 rings (SSSR count). The second-order valence-electron chi connectivity index (χ2n) is 7.17. The Morgan fingerprint density at radius 1 is 1.04 bits per heavy atom. The molecule has 0 bridgehead atoms. The van der Waals surface area contributed by atoms with Gasteiger partial charge in [0, 0.05) is 53.9 Å². The molecular weight excluding hydrogens is 368 g/mol. The van der Waals surface area contributed by atoms with Crippen molar-refractivity contribution in [2.24, 2.45) is 0 Å². The van der Waals surface area contributed by atoms with Gasteiger partial charge in [0.25, 0.3) is 0 Å². The van der Waals surface area contributed by atoms with Gasteiger partial charge in [-0.15, -0.1) is 11.3 Å². The third-order valence-corrected chi connectivity index (χ3v) is 5.98. The minimum Gasteiger partial charge on any atom is -0.369 e. The summed E-state index contributed by atoms with van der Waals surface area (Å²) in [6, 6.07) is 14.9. The molecule has 1 aliphatic heterocycles. The van der Waals surface area contributed by atoms with E-state index in [9.17, 15) is 0 Å². The third kappa shape index (κ3) is 3.46. The van der Waals surface area contributed by atoms with E-state index < -0.39 is 0 Å². The Labute approximate surface area is 167 Å². The maximum Gasteiger partial charge on any atom is 0.187 e. The number of hydrogen-bond donors (Lipinski definition) is 2. The number of nitrogens with zero attached hydrogens (tertiary/aromatic N) is 4. The molecule has 6 nitrogen and oxygen atoms in total. The van der Waals surface area contributed by atoms with Crippen molar-refractivity contribution in [3.63, 3.8) is 0 Å². The second kappa shape index (κ2) is 7.26. The summed E-state index contributed by atoms with van der Waals surface area (Å²) in [7, 11) is 2.18. The smallest absolute Gasteiger partial charge is 0.187 e. The molecule has 3 heterocycles. The Balaban J connectivity index is 1.30. The fourth-order valence-corrected chi connectivity index (χ4v) is 4.26. The van der Waals surface area contributed by atoms with Crippen molar-refractivity contribution in [1.29, 1.82) is 0 Å². The molecule has 142 valence electrons. The van der Waals surface area contributed by atoms with Gasteiger partial charge in [0.15, 0.2) is 5.13 Å². The predicted molar refractivity (Wildman–Crippen MR) is 117 cm³/mol. The van der Waals surface area contributed by atoms with Crippen molar-refractivity contribution in [2.75, 3.05) is 43.4 Å². The number of likely N-dealkylation sites (N-methyl/N-ethyl adjacent to an activating group) is 1. The minimum absolute atomic E-state index is 0.890. The predicted octanol–water partition coefficient (Wildman–Crippen LogP) is 4.18. The highest BCUT2D eigenvalue weighted by molar-refractivity contribution is 7.14. The Bertz CT molecular complexity index is 1080. The summed E-state index contributed by atoms with van der Waals surface area (Å²) in [5.41, 5.74) is 5.49. The molecule has 28 heavy (non-hydrogen) atoms. The van der Waals surface area contributed by atoms with Gasteiger partial charge in [0.1, 0.15) is 0 Å². The fraction of sp³-hybridized carbons (Fsp3) is 0.238. The van der Waals surface area contributed by atoms with Crippen molar-refractivity contribution >= 4 is 38.7 Å². The summed E-state index contributed by atoms with van der Waals surface area (Å²) in [4.78, 5) is 9.58. The first-order valence-electron chi connectivity index (χ1n) is 9.44. The van der Waals surface area contributed by atoms with Crippen molar-refractivity contribution in [3.05, 3.63) is 54.0 Å². The lowest BCUT2D eigenvalue weighted by Gasteiger charge is -2.34. The monoisotopic (exact) mass is 390 g/mol. The molecule has 2 N–H and O–H groups in total. The molecule has 1 saturated heterocycles. The topological polar surface area (TPSA) is 60.1 Å². The standard InChI is InChI=1S/C21H22N6S/c1-26-8-10-27(11-9-26)18-5-2-15(3-6-18)20-14-28-21(24-20)23-17-4-7-19-16(12-17)13-22-25-19/h2-7,12-14H,8-11H2,1H3,(H,22,25)(H,23,24). The third-order valence-electron chi connectivity index (χ3n) is 5.23. The number of piperazine rings is 1. The first-order chi connectivity index (χ1) is 13.7. The number of hydrogen-bond acceptors (Lipinski definition) is 6. The lowest BCUT2D eigenvalue weighted by atomic mass is 10.1. The van der Waals surface area contributed by atoms with Gasteiger partial charge in [-0.3, -0.25) is 5.10 Å². The number of H-pyrrole nitrogens is 1. The highest BCUT2D eigenvalue weighted by atomic mass is 32.1. The highest BCUT2D eigenvalue weighted by Crippen LogP contribution is 2.29. The molecule has 4 aromatic rings. The molecule has 0 saturated carbocycles. The molecule has 0 radical (unpaired) electrons. The lowest BCUT2D eigenvalue weighted by molar-refractivity contribution is 0.313. The summed E-state index contributed by atoms with van der Waals surface area (Å²) < 4.78 is 0. The average Bonchev–Trinajstić information content (AvgIpc) is 3.38. The molecular formula is C21H22N6S. The van der Waals surface area contributed by atoms with Gasteiger partial charge in [-0.25, -0.2) is 4.98 Å². The van der Waals surface area contributed by atoms with E-state index in [1.54, 1.807) is 11.3 Å². The van der Waals surface area contributed by atoms with Gasteiger partial charge < -0.3 is 15.1 Å². The second-order valence-corrected chi connectivity index (χ2v) is 8.03. The number of thiazole rings is 1. The molecule has 0 unspecified atom stereocenters. The molecule has 1 fully saturated rings. The van der Waals surface area contributed by atoms with Crippen LogP contribution >= 0.6 is 11.3 Å². The minimum atomic E-state index is 0.890. The van der Waals surface area contributed by atoms with Crippen molar-refractivity contribution < 1.29 is 0 Å². The van der Waals surface area contributed by atoms with E-state index >= 15 is 0 Å². The van der Waals surface area contributed by atoms with Gasteiger partial charge in [-0.05, 0) is 37.4 Å². The average molecular weight is 391 g/mol. The molecule has 0 aliphatic carbocycles.